The average molecular weight is 416 g/mol. The SMILES string of the molecule is Cc1cccc(C2=NCCN(c3cc(N4CCOCC4)c4ncn(CC#N)c4n3)N2)c1. The van der Waals surface area contributed by atoms with Crippen LogP contribution in [0.15, 0.2) is 41.7 Å². The van der Waals surface area contributed by atoms with Crippen molar-refractivity contribution in [1.29, 1.82) is 5.26 Å². The maximum atomic E-state index is 9.22. The van der Waals surface area contributed by atoms with E-state index in [9.17, 15) is 5.26 Å². The molecule has 158 valence electrons. The topological polar surface area (TPSA) is 94.6 Å². The van der Waals surface area contributed by atoms with Crippen LogP contribution in [0.4, 0.5) is 11.5 Å². The minimum absolute atomic E-state index is 0.207. The van der Waals surface area contributed by atoms with Crippen LogP contribution in [0.1, 0.15) is 11.1 Å². The highest BCUT2D eigenvalue weighted by molar-refractivity contribution is 6.00. The van der Waals surface area contributed by atoms with E-state index >= 15 is 0 Å². The third-order valence-electron chi connectivity index (χ3n) is 5.53. The molecular weight excluding hydrogens is 392 g/mol. The summed E-state index contributed by atoms with van der Waals surface area (Å²) in [6.07, 6.45) is 1.69. The molecule has 1 N–H and O–H groups in total. The number of pyridine rings is 1. The molecule has 1 fully saturated rings. The first kappa shape index (κ1) is 19.3. The first-order chi connectivity index (χ1) is 15.2. The third-order valence-corrected chi connectivity index (χ3v) is 5.53. The van der Waals surface area contributed by atoms with E-state index in [1.165, 1.54) is 5.56 Å². The van der Waals surface area contributed by atoms with Crippen molar-refractivity contribution in [2.75, 3.05) is 49.3 Å². The summed E-state index contributed by atoms with van der Waals surface area (Å²) in [5, 5.41) is 11.3. The van der Waals surface area contributed by atoms with E-state index in [1.54, 1.807) is 10.9 Å². The molecule has 0 radical (unpaired) electrons. The summed E-state index contributed by atoms with van der Waals surface area (Å²) >= 11 is 0. The van der Waals surface area contributed by atoms with Crippen molar-refractivity contribution >= 4 is 28.5 Å². The number of morpholine rings is 1. The number of imidazole rings is 1. The number of hydrazine groups is 1. The minimum atomic E-state index is 0.207. The number of hydrogen-bond donors (Lipinski definition) is 1. The van der Waals surface area contributed by atoms with E-state index in [1.807, 2.05) is 11.1 Å². The zero-order chi connectivity index (χ0) is 21.2. The Morgan fingerprint density at radius 3 is 2.87 bits per heavy atom. The molecule has 0 atom stereocenters. The van der Waals surface area contributed by atoms with Gasteiger partial charge in [-0.2, -0.15) is 5.26 Å². The molecule has 2 aromatic heterocycles. The van der Waals surface area contributed by atoms with Gasteiger partial charge in [-0.1, -0.05) is 23.8 Å². The van der Waals surface area contributed by atoms with E-state index in [0.717, 1.165) is 41.5 Å². The summed E-state index contributed by atoms with van der Waals surface area (Å²) in [7, 11) is 0. The molecule has 2 aliphatic heterocycles. The molecular formula is C22H24N8O. The van der Waals surface area contributed by atoms with Crippen LogP contribution in [0.3, 0.4) is 0 Å². The second-order valence-corrected chi connectivity index (χ2v) is 7.67. The Hall–Kier alpha value is -3.64. The maximum absolute atomic E-state index is 9.22. The Morgan fingerprint density at radius 1 is 1.19 bits per heavy atom. The number of amidine groups is 1. The summed E-state index contributed by atoms with van der Waals surface area (Å²) in [5.74, 6) is 1.61. The molecule has 1 aromatic carbocycles. The number of ether oxygens (including phenoxy) is 1. The number of hydrogen-bond acceptors (Lipinski definition) is 8. The quantitative estimate of drug-likeness (QED) is 0.694. The van der Waals surface area contributed by atoms with Gasteiger partial charge in [0.15, 0.2) is 11.5 Å². The summed E-state index contributed by atoms with van der Waals surface area (Å²) < 4.78 is 7.33. The van der Waals surface area contributed by atoms with Gasteiger partial charge in [-0.25, -0.2) is 9.97 Å². The van der Waals surface area contributed by atoms with E-state index in [0.29, 0.717) is 32.0 Å². The standard InChI is InChI=1S/C22H24N8O/c1-16-3-2-4-17(13-16)21-24-6-8-30(27-21)19-14-18(28-9-11-31-12-10-28)20-22(26-19)29(7-5-23)15-25-20/h2-4,13-15H,6-12H2,1H3,(H,24,27). The van der Waals surface area contributed by atoms with Crippen LogP contribution < -0.4 is 15.3 Å². The molecule has 2 aliphatic rings. The first-order valence-corrected chi connectivity index (χ1v) is 10.4. The van der Waals surface area contributed by atoms with Crippen molar-refractivity contribution in [1.82, 2.24) is 20.0 Å². The van der Waals surface area contributed by atoms with Crippen molar-refractivity contribution in [3.8, 4) is 6.07 Å². The molecule has 0 bridgehead atoms. The van der Waals surface area contributed by atoms with Crippen molar-refractivity contribution in [3.05, 3.63) is 47.8 Å². The highest BCUT2D eigenvalue weighted by atomic mass is 16.5. The Labute approximate surface area is 180 Å². The zero-order valence-corrected chi connectivity index (χ0v) is 17.5. The highest BCUT2D eigenvalue weighted by Crippen LogP contribution is 2.30. The maximum Gasteiger partial charge on any atom is 0.165 e. The minimum Gasteiger partial charge on any atom is -0.378 e. The largest absolute Gasteiger partial charge is 0.378 e. The molecule has 0 aliphatic carbocycles. The number of nitrogens with zero attached hydrogens (tertiary/aromatic N) is 7. The summed E-state index contributed by atoms with van der Waals surface area (Å²) in [6.45, 7) is 6.61. The number of benzene rings is 1. The van der Waals surface area contributed by atoms with E-state index in [2.05, 4.69) is 57.6 Å². The lowest BCUT2D eigenvalue weighted by Crippen LogP contribution is -2.48. The van der Waals surface area contributed by atoms with Gasteiger partial charge in [0.1, 0.15) is 17.9 Å². The smallest absolute Gasteiger partial charge is 0.165 e. The summed E-state index contributed by atoms with van der Waals surface area (Å²) in [4.78, 5) is 16.4. The molecule has 31 heavy (non-hydrogen) atoms. The lowest BCUT2D eigenvalue weighted by Gasteiger charge is -2.32. The molecule has 3 aromatic rings. The first-order valence-electron chi connectivity index (χ1n) is 10.4. The van der Waals surface area contributed by atoms with Gasteiger partial charge in [-0.15, -0.1) is 0 Å². The second kappa shape index (κ2) is 8.24. The molecule has 0 saturated carbocycles. The number of nitriles is 1. The molecule has 9 nitrogen and oxygen atoms in total. The van der Waals surface area contributed by atoms with Crippen molar-refractivity contribution < 1.29 is 4.74 Å². The molecule has 9 heteroatoms. The number of aryl methyl sites for hydroxylation is 1. The van der Waals surface area contributed by atoms with Crippen LogP contribution in [0.2, 0.25) is 0 Å². The van der Waals surface area contributed by atoms with E-state index < -0.39 is 0 Å². The molecule has 0 unspecified atom stereocenters. The summed E-state index contributed by atoms with van der Waals surface area (Å²) in [5.41, 5.74) is 8.21. The van der Waals surface area contributed by atoms with Gasteiger partial charge in [0.05, 0.1) is 44.4 Å². The second-order valence-electron chi connectivity index (χ2n) is 7.67. The zero-order valence-electron chi connectivity index (χ0n) is 17.5. The Balaban J connectivity index is 1.53. The van der Waals surface area contributed by atoms with Gasteiger partial charge < -0.3 is 14.2 Å². The van der Waals surface area contributed by atoms with Gasteiger partial charge >= 0.3 is 0 Å². The van der Waals surface area contributed by atoms with E-state index in [4.69, 9.17) is 9.72 Å². The average Bonchev–Trinajstić information content (AvgIpc) is 3.22. The molecule has 4 heterocycles. The fourth-order valence-electron chi connectivity index (χ4n) is 3.98. The summed E-state index contributed by atoms with van der Waals surface area (Å²) in [6, 6.07) is 12.6. The van der Waals surface area contributed by atoms with Crippen LogP contribution in [-0.4, -0.2) is 59.8 Å². The fourth-order valence-corrected chi connectivity index (χ4v) is 3.98. The molecule has 1 saturated heterocycles. The predicted molar refractivity (Wildman–Crippen MR) is 119 cm³/mol. The molecule has 0 spiro atoms. The lowest BCUT2D eigenvalue weighted by atomic mass is 10.1. The monoisotopic (exact) mass is 416 g/mol. The van der Waals surface area contributed by atoms with Gasteiger partial charge in [0.25, 0.3) is 0 Å². The van der Waals surface area contributed by atoms with Gasteiger partial charge in [-0.3, -0.25) is 15.4 Å². The number of nitrogens with one attached hydrogen (secondary N) is 1. The highest BCUT2D eigenvalue weighted by Gasteiger charge is 2.23. The Bertz CT molecular complexity index is 1170. The number of rotatable bonds is 4. The van der Waals surface area contributed by atoms with Gasteiger partial charge in [0.2, 0.25) is 0 Å². The van der Waals surface area contributed by atoms with Crippen LogP contribution >= 0.6 is 0 Å². The Kier molecular flexibility index (Phi) is 5.14. The normalized spacial score (nSPS) is 16.7. The van der Waals surface area contributed by atoms with Crippen LogP contribution in [0, 0.1) is 18.3 Å². The Morgan fingerprint density at radius 2 is 2.06 bits per heavy atom. The predicted octanol–water partition coefficient (Wildman–Crippen LogP) is 1.87. The van der Waals surface area contributed by atoms with Crippen molar-refractivity contribution in [3.63, 3.8) is 0 Å². The number of aromatic nitrogens is 3. The fraction of sp³-hybridized carbons (Fsp3) is 0.364. The van der Waals surface area contributed by atoms with Crippen LogP contribution in [-0.2, 0) is 11.3 Å². The van der Waals surface area contributed by atoms with Crippen molar-refractivity contribution in [2.45, 2.75) is 13.5 Å². The number of anilines is 2. The third kappa shape index (κ3) is 3.78. The molecule has 5 rings (SSSR count). The number of fused-ring (bicyclic) bond motifs is 1. The molecule has 0 amide bonds. The van der Waals surface area contributed by atoms with Crippen LogP contribution in [0.25, 0.3) is 11.2 Å². The van der Waals surface area contributed by atoms with E-state index in [-0.39, 0.29) is 6.54 Å². The lowest BCUT2D eigenvalue weighted by molar-refractivity contribution is 0.123. The van der Waals surface area contributed by atoms with Crippen molar-refractivity contribution in [2.24, 2.45) is 4.99 Å². The van der Waals surface area contributed by atoms with Gasteiger partial charge in [-0.05, 0) is 13.0 Å². The van der Waals surface area contributed by atoms with Gasteiger partial charge in [0, 0.05) is 24.7 Å². The van der Waals surface area contributed by atoms with Crippen LogP contribution in [0.5, 0.6) is 0 Å². The number of aliphatic imine (C=N–C) groups is 1.